The van der Waals surface area contributed by atoms with Crippen LogP contribution in [0.3, 0.4) is 0 Å². The molecule has 0 atom stereocenters. The van der Waals surface area contributed by atoms with E-state index in [0.29, 0.717) is 11.3 Å². The van der Waals surface area contributed by atoms with Crippen molar-refractivity contribution in [2.24, 2.45) is 11.8 Å². The first-order chi connectivity index (χ1) is 9.54. The minimum atomic E-state index is -0.866. The van der Waals surface area contributed by atoms with Gasteiger partial charge in [0.1, 0.15) is 0 Å². The third kappa shape index (κ3) is 4.08. The number of rotatable bonds is 4. The van der Waals surface area contributed by atoms with Gasteiger partial charge in [-0.05, 0) is 49.3 Å². The first kappa shape index (κ1) is 14.6. The number of carbonyl (C=O) groups is 2. The van der Waals surface area contributed by atoms with Gasteiger partial charge in [0, 0.05) is 11.6 Å². The highest BCUT2D eigenvalue weighted by molar-refractivity contribution is 5.92. The van der Waals surface area contributed by atoms with E-state index in [2.05, 4.69) is 12.2 Å². The Bertz CT molecular complexity index is 490. The number of carboxylic acid groups (broad SMARTS) is 1. The molecule has 108 valence electrons. The number of carbonyl (C=O) groups excluding carboxylic acids is 1. The van der Waals surface area contributed by atoms with Crippen LogP contribution in [0.5, 0.6) is 0 Å². The highest BCUT2D eigenvalue weighted by Crippen LogP contribution is 2.29. The summed E-state index contributed by atoms with van der Waals surface area (Å²) in [6.45, 7) is 2.23. The minimum Gasteiger partial charge on any atom is -0.481 e. The number of carboxylic acids is 1. The summed E-state index contributed by atoms with van der Waals surface area (Å²) in [7, 11) is 0. The normalized spacial score (nSPS) is 22.2. The molecule has 0 saturated heterocycles. The van der Waals surface area contributed by atoms with Crippen LogP contribution in [0.15, 0.2) is 24.3 Å². The van der Waals surface area contributed by atoms with Crippen molar-refractivity contribution in [3.63, 3.8) is 0 Å². The monoisotopic (exact) mass is 275 g/mol. The van der Waals surface area contributed by atoms with Gasteiger partial charge in [-0.2, -0.15) is 0 Å². The van der Waals surface area contributed by atoms with Gasteiger partial charge in [-0.1, -0.05) is 19.1 Å². The van der Waals surface area contributed by atoms with Crippen molar-refractivity contribution in [2.45, 2.75) is 39.0 Å². The van der Waals surface area contributed by atoms with Gasteiger partial charge in [0.15, 0.2) is 0 Å². The summed E-state index contributed by atoms with van der Waals surface area (Å²) in [4.78, 5) is 22.9. The maximum atomic E-state index is 12.2. The van der Waals surface area contributed by atoms with Crippen LogP contribution in [0.4, 0.5) is 5.69 Å². The molecule has 0 aromatic heterocycles. The van der Waals surface area contributed by atoms with Crippen molar-refractivity contribution in [3.05, 3.63) is 29.8 Å². The van der Waals surface area contributed by atoms with Crippen LogP contribution in [0.25, 0.3) is 0 Å². The van der Waals surface area contributed by atoms with Crippen LogP contribution in [-0.4, -0.2) is 17.0 Å². The smallest absolute Gasteiger partial charge is 0.307 e. The fourth-order valence-electron chi connectivity index (χ4n) is 2.70. The number of anilines is 1. The molecule has 2 rings (SSSR count). The molecule has 0 spiro atoms. The lowest BCUT2D eigenvalue weighted by Crippen LogP contribution is -2.26. The summed E-state index contributed by atoms with van der Waals surface area (Å²) in [6, 6.07) is 7.06. The van der Waals surface area contributed by atoms with Gasteiger partial charge in [0.25, 0.3) is 0 Å². The lowest BCUT2D eigenvalue weighted by molar-refractivity contribution is -0.136. The molecule has 0 bridgehead atoms. The predicted octanol–water partition coefficient (Wildman–Crippen LogP) is 3.08. The first-order valence-corrected chi connectivity index (χ1v) is 7.16. The van der Waals surface area contributed by atoms with Crippen LogP contribution >= 0.6 is 0 Å². The van der Waals surface area contributed by atoms with Crippen molar-refractivity contribution in [1.29, 1.82) is 0 Å². The number of hydrogen-bond acceptors (Lipinski definition) is 2. The average molecular weight is 275 g/mol. The van der Waals surface area contributed by atoms with E-state index < -0.39 is 5.97 Å². The van der Waals surface area contributed by atoms with E-state index in [-0.39, 0.29) is 18.2 Å². The van der Waals surface area contributed by atoms with E-state index in [9.17, 15) is 9.59 Å². The molecular weight excluding hydrogens is 254 g/mol. The maximum absolute atomic E-state index is 12.2. The molecule has 1 aromatic carbocycles. The van der Waals surface area contributed by atoms with Crippen molar-refractivity contribution in [2.75, 3.05) is 5.32 Å². The second-order valence-corrected chi connectivity index (χ2v) is 5.72. The maximum Gasteiger partial charge on any atom is 0.307 e. The van der Waals surface area contributed by atoms with E-state index in [1.54, 1.807) is 24.3 Å². The Morgan fingerprint density at radius 1 is 1.25 bits per heavy atom. The molecule has 4 heteroatoms. The summed E-state index contributed by atoms with van der Waals surface area (Å²) in [5, 5.41) is 11.7. The Hall–Kier alpha value is -1.84. The molecule has 1 aromatic rings. The summed E-state index contributed by atoms with van der Waals surface area (Å²) in [6.07, 6.45) is 4.09. The van der Waals surface area contributed by atoms with Crippen LogP contribution < -0.4 is 5.32 Å². The molecule has 1 fully saturated rings. The van der Waals surface area contributed by atoms with Crippen molar-refractivity contribution in [3.8, 4) is 0 Å². The molecule has 0 unspecified atom stereocenters. The number of hydrogen-bond donors (Lipinski definition) is 2. The van der Waals surface area contributed by atoms with Crippen molar-refractivity contribution >= 4 is 17.6 Å². The molecule has 1 saturated carbocycles. The standard InChI is InChI=1S/C16H21NO3/c1-11-5-7-13(8-6-11)16(20)17-14-4-2-3-12(9-14)10-15(18)19/h2-4,9,11,13H,5-8,10H2,1H3,(H,17,20)(H,18,19). The Morgan fingerprint density at radius 2 is 1.95 bits per heavy atom. The molecule has 1 amide bonds. The van der Waals surface area contributed by atoms with E-state index in [4.69, 9.17) is 5.11 Å². The molecular formula is C16H21NO3. The third-order valence-corrected chi connectivity index (χ3v) is 3.94. The molecule has 1 aliphatic rings. The Morgan fingerprint density at radius 3 is 2.60 bits per heavy atom. The molecule has 0 radical (unpaired) electrons. The minimum absolute atomic E-state index is 0.0232. The predicted molar refractivity (Wildman–Crippen MR) is 77.5 cm³/mol. The van der Waals surface area contributed by atoms with Crippen LogP contribution in [0.2, 0.25) is 0 Å². The number of amides is 1. The van der Waals surface area contributed by atoms with Crippen molar-refractivity contribution in [1.82, 2.24) is 0 Å². The highest BCUT2D eigenvalue weighted by Gasteiger charge is 2.24. The number of benzene rings is 1. The Kier molecular flexibility index (Phi) is 4.77. The third-order valence-electron chi connectivity index (χ3n) is 3.94. The first-order valence-electron chi connectivity index (χ1n) is 7.16. The Labute approximate surface area is 119 Å². The highest BCUT2D eigenvalue weighted by atomic mass is 16.4. The summed E-state index contributed by atoms with van der Waals surface area (Å²) in [5.41, 5.74) is 1.39. The quantitative estimate of drug-likeness (QED) is 0.887. The molecule has 2 N–H and O–H groups in total. The molecule has 1 aliphatic carbocycles. The van der Waals surface area contributed by atoms with Gasteiger partial charge >= 0.3 is 5.97 Å². The lowest BCUT2D eigenvalue weighted by atomic mass is 9.82. The number of nitrogens with one attached hydrogen (secondary N) is 1. The van der Waals surface area contributed by atoms with Crippen LogP contribution in [-0.2, 0) is 16.0 Å². The van der Waals surface area contributed by atoms with Gasteiger partial charge in [-0.3, -0.25) is 9.59 Å². The van der Waals surface area contributed by atoms with Crippen molar-refractivity contribution < 1.29 is 14.7 Å². The second kappa shape index (κ2) is 6.55. The lowest BCUT2D eigenvalue weighted by Gasteiger charge is -2.25. The number of aliphatic carboxylic acids is 1. The zero-order chi connectivity index (χ0) is 14.5. The fourth-order valence-corrected chi connectivity index (χ4v) is 2.70. The van der Waals surface area contributed by atoms with Crippen LogP contribution in [0.1, 0.15) is 38.2 Å². The summed E-state index contributed by atoms with van der Waals surface area (Å²) in [5.74, 6) is 0.00592. The summed E-state index contributed by atoms with van der Waals surface area (Å²) < 4.78 is 0. The molecule has 0 heterocycles. The second-order valence-electron chi connectivity index (χ2n) is 5.72. The zero-order valence-corrected chi connectivity index (χ0v) is 11.8. The molecule has 0 aliphatic heterocycles. The van der Waals surface area contributed by atoms with E-state index in [1.165, 1.54) is 0 Å². The van der Waals surface area contributed by atoms with Gasteiger partial charge in [-0.25, -0.2) is 0 Å². The SMILES string of the molecule is CC1CCC(C(=O)Nc2cccc(CC(=O)O)c2)CC1. The van der Waals surface area contributed by atoms with Gasteiger partial charge in [-0.15, -0.1) is 0 Å². The topological polar surface area (TPSA) is 66.4 Å². The zero-order valence-electron chi connectivity index (χ0n) is 11.8. The van der Waals surface area contributed by atoms with Gasteiger partial charge in [0.05, 0.1) is 6.42 Å². The van der Waals surface area contributed by atoms with E-state index in [0.717, 1.165) is 31.6 Å². The average Bonchev–Trinajstić information content (AvgIpc) is 2.39. The summed E-state index contributed by atoms with van der Waals surface area (Å²) >= 11 is 0. The largest absolute Gasteiger partial charge is 0.481 e. The van der Waals surface area contributed by atoms with Gasteiger partial charge < -0.3 is 10.4 Å². The van der Waals surface area contributed by atoms with Crippen LogP contribution in [0, 0.1) is 11.8 Å². The molecule has 4 nitrogen and oxygen atoms in total. The van der Waals surface area contributed by atoms with E-state index in [1.807, 2.05) is 0 Å². The molecule has 20 heavy (non-hydrogen) atoms. The van der Waals surface area contributed by atoms with Gasteiger partial charge in [0.2, 0.25) is 5.91 Å². The Balaban J connectivity index is 1.95. The van der Waals surface area contributed by atoms with E-state index >= 15 is 0 Å². The fraction of sp³-hybridized carbons (Fsp3) is 0.500.